The van der Waals surface area contributed by atoms with Gasteiger partial charge in [-0.2, -0.15) is 13.2 Å². The van der Waals surface area contributed by atoms with Gasteiger partial charge in [-0.3, -0.25) is 0 Å². The van der Waals surface area contributed by atoms with E-state index in [9.17, 15) is 13.2 Å². The Balaban J connectivity index is 3.31. The summed E-state index contributed by atoms with van der Waals surface area (Å²) in [4.78, 5) is 0. The molecule has 0 heterocycles. The molecular weight excluding hydrogens is 189 g/mol. The minimum atomic E-state index is -4.38. The van der Waals surface area contributed by atoms with E-state index in [0.717, 1.165) is 6.07 Å². The van der Waals surface area contributed by atoms with Crippen molar-refractivity contribution in [3.8, 4) is 0 Å². The van der Waals surface area contributed by atoms with Crippen molar-refractivity contribution in [2.45, 2.75) is 13.1 Å². The van der Waals surface area contributed by atoms with Gasteiger partial charge in [0.25, 0.3) is 0 Å². The highest BCUT2D eigenvalue weighted by Gasteiger charge is 2.34. The van der Waals surface area contributed by atoms with Crippen molar-refractivity contribution in [3.05, 3.63) is 34.3 Å². The normalized spacial score (nSPS) is 11.8. The highest BCUT2D eigenvalue weighted by atomic mass is 35.5. The summed E-state index contributed by atoms with van der Waals surface area (Å²) in [5, 5.41) is -0.303. The lowest BCUT2D eigenvalue weighted by Gasteiger charge is -2.10. The van der Waals surface area contributed by atoms with Gasteiger partial charge in [-0.1, -0.05) is 17.7 Å². The molecule has 0 saturated carbocycles. The van der Waals surface area contributed by atoms with E-state index >= 15 is 0 Å². The third-order valence-electron chi connectivity index (χ3n) is 1.43. The highest BCUT2D eigenvalue weighted by molar-refractivity contribution is 6.31. The summed E-state index contributed by atoms with van der Waals surface area (Å²) in [5.74, 6) is 0. The van der Waals surface area contributed by atoms with Crippen LogP contribution in [0.25, 0.3) is 0 Å². The molecule has 0 atom stereocenters. The van der Waals surface area contributed by atoms with E-state index in [2.05, 4.69) is 6.07 Å². The Bertz CT molecular complexity index is 271. The number of benzene rings is 1. The van der Waals surface area contributed by atoms with E-state index in [1.807, 2.05) is 0 Å². The topological polar surface area (TPSA) is 0 Å². The first-order valence-corrected chi connectivity index (χ1v) is 3.54. The largest absolute Gasteiger partial charge is 0.418 e. The van der Waals surface area contributed by atoms with E-state index in [-0.39, 0.29) is 10.6 Å². The molecule has 0 amide bonds. The fourth-order valence-electron chi connectivity index (χ4n) is 0.931. The Morgan fingerprint density at radius 2 is 1.92 bits per heavy atom. The minimum absolute atomic E-state index is 0.0926. The van der Waals surface area contributed by atoms with Gasteiger partial charge in [0.15, 0.2) is 0 Å². The molecule has 65 valence electrons. The third kappa shape index (κ3) is 1.72. The molecule has 1 radical (unpaired) electrons. The van der Waals surface area contributed by atoms with Crippen molar-refractivity contribution in [1.82, 2.24) is 0 Å². The lowest BCUT2D eigenvalue weighted by atomic mass is 10.1. The molecule has 0 saturated heterocycles. The van der Waals surface area contributed by atoms with E-state index < -0.39 is 11.7 Å². The maximum atomic E-state index is 12.2. The summed E-state index contributed by atoms with van der Waals surface area (Å²) in [7, 11) is 0. The molecule has 1 aromatic carbocycles. The highest BCUT2D eigenvalue weighted by Crippen LogP contribution is 2.36. The first-order chi connectivity index (χ1) is 5.43. The molecule has 0 nitrogen and oxygen atoms in total. The van der Waals surface area contributed by atoms with Crippen LogP contribution in [0.4, 0.5) is 13.2 Å². The number of alkyl halides is 3. The molecule has 0 aliphatic heterocycles. The van der Waals surface area contributed by atoms with E-state index in [0.29, 0.717) is 0 Å². The molecule has 0 aliphatic carbocycles. The van der Waals surface area contributed by atoms with Gasteiger partial charge in [0.1, 0.15) is 0 Å². The van der Waals surface area contributed by atoms with Gasteiger partial charge >= 0.3 is 6.18 Å². The Morgan fingerprint density at radius 3 is 2.25 bits per heavy atom. The van der Waals surface area contributed by atoms with Gasteiger partial charge in [0, 0.05) is 0 Å². The van der Waals surface area contributed by atoms with Gasteiger partial charge in [-0.05, 0) is 24.6 Å². The third-order valence-corrected chi connectivity index (χ3v) is 1.72. The van der Waals surface area contributed by atoms with Crippen LogP contribution in [-0.4, -0.2) is 0 Å². The van der Waals surface area contributed by atoms with E-state index in [1.165, 1.54) is 13.0 Å². The van der Waals surface area contributed by atoms with Crippen LogP contribution in [0.15, 0.2) is 12.1 Å². The Kier molecular flexibility index (Phi) is 2.33. The van der Waals surface area contributed by atoms with E-state index in [4.69, 9.17) is 11.6 Å². The van der Waals surface area contributed by atoms with E-state index in [1.54, 1.807) is 0 Å². The van der Waals surface area contributed by atoms with Crippen molar-refractivity contribution in [2.24, 2.45) is 0 Å². The summed E-state index contributed by atoms with van der Waals surface area (Å²) in [6, 6.07) is 4.88. The SMILES string of the molecule is Cc1c[c]cc(Cl)c1C(F)(F)F. The van der Waals surface area contributed by atoms with Crippen LogP contribution in [-0.2, 0) is 6.18 Å². The second-order valence-electron chi connectivity index (χ2n) is 2.36. The molecule has 0 aromatic heterocycles. The van der Waals surface area contributed by atoms with Crippen LogP contribution in [0.3, 0.4) is 0 Å². The molecule has 1 aromatic rings. The van der Waals surface area contributed by atoms with Gasteiger partial charge < -0.3 is 0 Å². The molecular formula is C8H5ClF3. The van der Waals surface area contributed by atoms with Crippen LogP contribution in [0.1, 0.15) is 11.1 Å². The number of hydrogen-bond acceptors (Lipinski definition) is 0. The molecule has 0 unspecified atom stereocenters. The van der Waals surface area contributed by atoms with Crippen LogP contribution in [0.2, 0.25) is 5.02 Å². The summed E-state index contributed by atoms with van der Waals surface area (Å²) in [5.41, 5.74) is -0.682. The van der Waals surface area contributed by atoms with Crippen LogP contribution < -0.4 is 0 Å². The second kappa shape index (κ2) is 2.98. The first kappa shape index (κ1) is 9.39. The van der Waals surface area contributed by atoms with Gasteiger partial charge in [0.05, 0.1) is 10.6 Å². The smallest absolute Gasteiger partial charge is 0.166 e. The Labute approximate surface area is 73.0 Å². The number of halogens is 4. The molecule has 0 bridgehead atoms. The summed E-state index contributed by atoms with van der Waals surface area (Å²) in [6.07, 6.45) is -4.38. The standard InChI is InChI=1S/C8H5ClF3/c1-5-3-2-4-6(9)7(5)8(10,11)12/h3-4H,1H3. The zero-order valence-corrected chi connectivity index (χ0v) is 6.92. The average molecular weight is 194 g/mol. The van der Waals surface area contributed by atoms with Gasteiger partial charge in [0.2, 0.25) is 0 Å². The molecule has 4 heteroatoms. The fraction of sp³-hybridized carbons (Fsp3) is 0.250. The number of rotatable bonds is 0. The van der Waals surface area contributed by atoms with Crippen molar-refractivity contribution in [1.29, 1.82) is 0 Å². The summed E-state index contributed by atoms with van der Waals surface area (Å²) < 4.78 is 36.6. The maximum Gasteiger partial charge on any atom is 0.418 e. The molecule has 0 fully saturated rings. The van der Waals surface area contributed by atoms with Crippen molar-refractivity contribution < 1.29 is 13.2 Å². The summed E-state index contributed by atoms with van der Waals surface area (Å²) >= 11 is 5.36. The Hall–Kier alpha value is -0.700. The van der Waals surface area contributed by atoms with Gasteiger partial charge in [-0.25, -0.2) is 0 Å². The zero-order chi connectivity index (χ0) is 9.35. The summed E-state index contributed by atoms with van der Waals surface area (Å²) in [6.45, 7) is 1.35. The monoisotopic (exact) mass is 193 g/mol. The maximum absolute atomic E-state index is 12.2. The minimum Gasteiger partial charge on any atom is -0.166 e. The van der Waals surface area contributed by atoms with Crippen LogP contribution >= 0.6 is 11.6 Å². The van der Waals surface area contributed by atoms with Crippen molar-refractivity contribution in [2.75, 3.05) is 0 Å². The van der Waals surface area contributed by atoms with Crippen molar-refractivity contribution >= 4 is 11.6 Å². The number of aryl methyl sites for hydroxylation is 1. The van der Waals surface area contributed by atoms with Crippen LogP contribution in [0.5, 0.6) is 0 Å². The second-order valence-corrected chi connectivity index (χ2v) is 2.77. The predicted octanol–water partition coefficient (Wildman–Crippen LogP) is 3.47. The quantitative estimate of drug-likeness (QED) is 0.592. The average Bonchev–Trinajstić information content (AvgIpc) is 1.82. The predicted molar refractivity (Wildman–Crippen MR) is 40.0 cm³/mol. The Morgan fingerprint density at radius 1 is 1.33 bits per heavy atom. The van der Waals surface area contributed by atoms with Crippen LogP contribution in [0, 0.1) is 13.0 Å². The molecule has 0 N–H and O–H groups in total. The fourth-order valence-corrected chi connectivity index (χ4v) is 1.25. The van der Waals surface area contributed by atoms with Crippen molar-refractivity contribution in [3.63, 3.8) is 0 Å². The molecule has 0 aliphatic rings. The zero-order valence-electron chi connectivity index (χ0n) is 6.17. The number of hydrogen-bond donors (Lipinski definition) is 0. The molecule has 1 rings (SSSR count). The molecule has 12 heavy (non-hydrogen) atoms. The first-order valence-electron chi connectivity index (χ1n) is 3.16. The lowest BCUT2D eigenvalue weighted by Crippen LogP contribution is -2.08. The van der Waals surface area contributed by atoms with Gasteiger partial charge in [-0.15, -0.1) is 0 Å². The molecule has 0 spiro atoms. The lowest BCUT2D eigenvalue weighted by molar-refractivity contribution is -0.137.